The number of para-hydroxylation sites is 4. The van der Waals surface area contributed by atoms with E-state index in [2.05, 4.69) is 113 Å². The Balaban J connectivity index is 0.000000206. The topological polar surface area (TPSA) is 151 Å². The van der Waals surface area contributed by atoms with Crippen LogP contribution in [0.2, 0.25) is 0 Å². The van der Waals surface area contributed by atoms with Gasteiger partial charge in [0.15, 0.2) is 0 Å². The van der Waals surface area contributed by atoms with E-state index in [-0.39, 0.29) is 46.0 Å². The van der Waals surface area contributed by atoms with Gasteiger partial charge >= 0.3 is 34.1 Å². The van der Waals surface area contributed by atoms with Gasteiger partial charge in [-0.05, 0) is 179 Å². The molecule has 0 bridgehead atoms. The van der Waals surface area contributed by atoms with Crippen molar-refractivity contribution in [2.75, 3.05) is 103 Å². The van der Waals surface area contributed by atoms with Gasteiger partial charge < -0.3 is 29.9 Å². The summed E-state index contributed by atoms with van der Waals surface area (Å²) in [5.74, 6) is 5.74. The third-order valence-corrected chi connectivity index (χ3v) is 15.8. The van der Waals surface area contributed by atoms with Gasteiger partial charge in [-0.15, -0.1) is 10.2 Å². The number of rotatable bonds is 31. The number of amides is 2. The molecule has 4 heterocycles. The van der Waals surface area contributed by atoms with Crippen LogP contribution in [0.4, 0.5) is 11.4 Å². The first-order valence-corrected chi connectivity index (χ1v) is 30.9. The van der Waals surface area contributed by atoms with Crippen LogP contribution < -0.4 is 29.9 Å². The molecule has 20 radical (unpaired) electrons. The molecule has 2 aliphatic heterocycles. The Morgan fingerprint density at radius 3 is 1.10 bits per heavy atom. The molecule has 16 nitrogen and oxygen atoms in total. The fourth-order valence-corrected chi connectivity index (χ4v) is 10.9. The van der Waals surface area contributed by atoms with Crippen LogP contribution in [0.15, 0.2) is 60.9 Å². The summed E-state index contributed by atoms with van der Waals surface area (Å²) in [6, 6.07) is 16.4. The van der Waals surface area contributed by atoms with E-state index in [1.165, 1.54) is 75.6 Å². The maximum atomic E-state index is 11.9. The van der Waals surface area contributed by atoms with Crippen molar-refractivity contribution >= 4 is 23.2 Å². The number of carbonyl (C=O) groups is 2. The molecule has 6 fully saturated rings. The maximum Gasteiger partial charge on any atom is 2.00 e. The van der Waals surface area contributed by atoms with Crippen molar-refractivity contribution in [1.82, 2.24) is 50.4 Å². The Labute approximate surface area is 539 Å². The molecule has 18 heteroatoms. The molecule has 2 saturated heterocycles. The number of nitrogens with one attached hydrogen (secondary N) is 2. The van der Waals surface area contributed by atoms with Crippen molar-refractivity contribution in [3.8, 4) is 11.5 Å². The smallest absolute Gasteiger partial charge is 0.495 e. The molecule has 0 spiro atoms. The van der Waals surface area contributed by atoms with Crippen molar-refractivity contribution in [3.05, 3.63) is 199 Å². The fraction of sp³-hybridized carbons (Fsp3) is 0.441. The van der Waals surface area contributed by atoms with Crippen molar-refractivity contribution in [2.45, 2.75) is 103 Å². The van der Waals surface area contributed by atoms with Gasteiger partial charge in [0.1, 0.15) is 11.5 Å². The molecule has 2 aromatic carbocycles. The average molecular weight is 1250 g/mol. The molecular formula is C68H90Fe2N12O4+4. The van der Waals surface area contributed by atoms with Crippen LogP contribution in [0.5, 0.6) is 11.5 Å². The van der Waals surface area contributed by atoms with E-state index in [0.29, 0.717) is 0 Å². The fourth-order valence-electron chi connectivity index (χ4n) is 10.9. The second-order valence-electron chi connectivity index (χ2n) is 21.9. The first-order valence-electron chi connectivity index (χ1n) is 30.9. The number of carbonyl (C=O) groups excluding carboxylic acids is 2. The number of aryl methyl sites for hydroxylation is 2. The maximum absolute atomic E-state index is 11.9. The minimum Gasteiger partial charge on any atom is -0.495 e. The summed E-state index contributed by atoms with van der Waals surface area (Å²) in [6.07, 6.45) is 52.7. The summed E-state index contributed by atoms with van der Waals surface area (Å²) < 4.78 is 14.9. The third-order valence-electron chi connectivity index (χ3n) is 15.8. The van der Waals surface area contributed by atoms with Gasteiger partial charge in [0.25, 0.3) is 0 Å². The molecule has 4 saturated carbocycles. The number of hydrogen-bond donors (Lipinski definition) is 2. The molecule has 6 aliphatic rings. The molecule has 2 aromatic heterocycles. The summed E-state index contributed by atoms with van der Waals surface area (Å²) in [7, 11) is 3.46. The molecule has 0 unspecified atom stereocenters. The zero-order chi connectivity index (χ0) is 58.2. The van der Waals surface area contributed by atoms with Crippen LogP contribution in [-0.4, -0.2) is 144 Å². The second kappa shape index (κ2) is 41.2. The summed E-state index contributed by atoms with van der Waals surface area (Å²) in [6.45, 7) is 14.0. The predicted octanol–water partition coefficient (Wildman–Crippen LogP) is 9.21. The Hall–Kier alpha value is -4.18. The molecule has 0 atom stereocenters. The second-order valence-corrected chi connectivity index (χ2v) is 21.9. The van der Waals surface area contributed by atoms with E-state index in [4.69, 9.17) is 9.47 Å². The number of benzene rings is 2. The van der Waals surface area contributed by atoms with E-state index in [1.54, 1.807) is 14.2 Å². The van der Waals surface area contributed by atoms with Crippen LogP contribution >= 0.6 is 0 Å². The molecule has 2 N–H and O–H groups in total. The summed E-state index contributed by atoms with van der Waals surface area (Å²) in [4.78, 5) is 33.5. The van der Waals surface area contributed by atoms with Crippen LogP contribution in [-0.2, 0) is 56.8 Å². The van der Waals surface area contributed by atoms with E-state index in [1.807, 2.05) is 111 Å². The van der Waals surface area contributed by atoms with Crippen LogP contribution in [0.3, 0.4) is 0 Å². The number of aromatic nitrogens is 6. The Bertz CT molecular complexity index is 2260. The van der Waals surface area contributed by atoms with Gasteiger partial charge in [-0.25, -0.2) is 0 Å². The molecule has 458 valence electrons. The van der Waals surface area contributed by atoms with Gasteiger partial charge in [-0.3, -0.25) is 28.8 Å². The first-order chi connectivity index (χ1) is 41.4. The normalized spacial score (nSPS) is 18.0. The molecule has 10 rings (SSSR count). The SMILES string of the molecule is COc1ccccc1N1CCN(CCCCNC(=O)[C]2[CH][CH][CH][CH]2)CC1.COc1ccccc1N1CCN(CCCCNC(=O)[C]2[CH][CH][CH][CH]2)CC1.[CH]1[CH][CH][C](c2cn(CCCCCCCCCCCCn3cc([C]4[CH][CH][CH][CH]4)nn3)nn2)[CH]1.[Fe+2].[Fe+2]. The third kappa shape index (κ3) is 24.3. The van der Waals surface area contributed by atoms with Gasteiger partial charge in [-0.1, -0.05) is 86.1 Å². The number of hydrogen-bond acceptors (Lipinski definition) is 12. The minimum atomic E-state index is 0. The van der Waals surface area contributed by atoms with E-state index < -0.39 is 0 Å². The summed E-state index contributed by atoms with van der Waals surface area (Å²) in [5.41, 5.74) is 4.31. The Morgan fingerprint density at radius 2 is 0.744 bits per heavy atom. The number of ether oxygens (including phenoxy) is 2. The van der Waals surface area contributed by atoms with Crippen molar-refractivity contribution in [2.24, 2.45) is 0 Å². The number of piperazine rings is 2. The number of methoxy groups -OCH3 is 2. The van der Waals surface area contributed by atoms with Gasteiger partial charge in [0.2, 0.25) is 11.8 Å². The zero-order valence-corrected chi connectivity index (χ0v) is 52.8. The number of nitrogens with zero attached hydrogens (tertiary/aromatic N) is 10. The number of anilines is 2. The van der Waals surface area contributed by atoms with Gasteiger partial charge in [0.05, 0.1) is 48.8 Å². The average Bonchev–Trinajstić information content (AvgIpc) is 4.41. The largest absolute Gasteiger partial charge is 2.00 e. The molecular weight excluding hydrogens is 1160 g/mol. The van der Waals surface area contributed by atoms with Gasteiger partial charge in [-0.2, -0.15) is 0 Å². The van der Waals surface area contributed by atoms with Crippen molar-refractivity contribution in [3.63, 3.8) is 0 Å². The number of unbranched alkanes of at least 4 members (excludes halogenated alkanes) is 11. The van der Waals surface area contributed by atoms with E-state index >= 15 is 0 Å². The summed E-state index contributed by atoms with van der Waals surface area (Å²) >= 11 is 0. The minimum absolute atomic E-state index is 0. The molecule has 86 heavy (non-hydrogen) atoms. The van der Waals surface area contributed by atoms with Crippen molar-refractivity contribution < 1.29 is 53.2 Å². The summed E-state index contributed by atoms with van der Waals surface area (Å²) in [5, 5.41) is 23.0. The molecule has 4 aliphatic carbocycles. The molecule has 2 amide bonds. The van der Waals surface area contributed by atoms with Crippen LogP contribution in [0.25, 0.3) is 0 Å². The first kappa shape index (κ1) is 70.9. The Kier molecular flexibility index (Phi) is 34.0. The monoisotopic (exact) mass is 1250 g/mol. The van der Waals surface area contributed by atoms with Crippen LogP contribution in [0, 0.1) is 126 Å². The Morgan fingerprint density at radius 1 is 0.419 bits per heavy atom. The van der Waals surface area contributed by atoms with Crippen LogP contribution in [0.1, 0.15) is 101 Å². The standard InChI is InChI=1S/C26H34N6.2C21H28N3O2.2Fe/c1(3-5-7-13-19-31-21-25(27-29-31)23-15-9-10-16-23)2-4-6-8-14-20-32-22-26(28-30-32)24-17-11-12-18-24;2*1-26-20-11-5-4-10-19(20)24-16-14-23(15-17-24)13-7-6-12-22-21(25)18-8-2-3-9-18;;/h9-12,15-18,21-22H,1-8,13-14,19-20H2;2*2-5,8-11H,6-7,12-17H2,1H3,(H,22,25);;/q;;;2*+2. The van der Waals surface area contributed by atoms with E-state index in [0.717, 1.165) is 164 Å². The van der Waals surface area contributed by atoms with E-state index in [9.17, 15) is 9.59 Å². The molecule has 4 aromatic rings. The van der Waals surface area contributed by atoms with Crippen molar-refractivity contribution in [1.29, 1.82) is 0 Å². The zero-order valence-electron chi connectivity index (χ0n) is 50.6. The quantitative estimate of drug-likeness (QED) is 0.0365. The predicted molar refractivity (Wildman–Crippen MR) is 334 cm³/mol. The van der Waals surface area contributed by atoms with Gasteiger partial charge in [0, 0.05) is 103 Å².